The fraction of sp³-hybridized carbons (Fsp3) is 0.315. The summed E-state index contributed by atoms with van der Waals surface area (Å²) in [6, 6.07) is 38.8. The minimum Gasteiger partial charge on any atom is -0.493 e. The van der Waals surface area contributed by atoms with Crippen LogP contribution in [-0.4, -0.2) is 205 Å². The molecule has 0 bridgehead atoms. The van der Waals surface area contributed by atoms with Gasteiger partial charge in [0.05, 0.1) is 72.1 Å². The minimum absolute atomic E-state index is 0.0677. The first-order chi connectivity index (χ1) is 57.7. The average Bonchev–Trinajstić information content (AvgIpc) is 1.44. The Labute approximate surface area is 688 Å². The van der Waals surface area contributed by atoms with Gasteiger partial charge < -0.3 is 52.7 Å². The molecule has 27 nitrogen and oxygen atoms in total. The molecule has 119 heavy (non-hydrogen) atoms. The van der Waals surface area contributed by atoms with Crippen LogP contribution in [0.1, 0.15) is 79.2 Å². The predicted molar refractivity (Wildman–Crippen MR) is 470 cm³/mol. The van der Waals surface area contributed by atoms with Gasteiger partial charge in [-0.15, -0.1) is 0 Å². The number of ether oxygens (including phenoxy) is 2. The number of aromatic nitrogens is 14. The maximum absolute atomic E-state index is 13.0. The molecular weight excluding hydrogens is 1500 g/mol. The van der Waals surface area contributed by atoms with E-state index in [1.807, 2.05) is 176 Å². The number of hydrogen-bond acceptors (Lipinski definition) is 20. The van der Waals surface area contributed by atoms with Crippen LogP contribution < -0.4 is 46.8 Å². The third-order valence-corrected chi connectivity index (χ3v) is 23.0. The van der Waals surface area contributed by atoms with Crippen LogP contribution in [0.3, 0.4) is 0 Å². The molecule has 0 unspecified atom stereocenters. The number of piperidine rings is 2. The van der Waals surface area contributed by atoms with Crippen LogP contribution in [0, 0.1) is 27.7 Å². The summed E-state index contributed by atoms with van der Waals surface area (Å²) in [4.78, 5) is 95.5. The average molecular weight is 1600 g/mol. The maximum Gasteiger partial charge on any atom is 0.258 e. The first kappa shape index (κ1) is 80.0. The summed E-state index contributed by atoms with van der Waals surface area (Å²) in [5.74, 6) is 1.22. The Bertz CT molecular complexity index is 6630. The van der Waals surface area contributed by atoms with E-state index in [-0.39, 0.29) is 28.8 Å². The van der Waals surface area contributed by atoms with Crippen molar-refractivity contribution >= 4 is 62.1 Å². The quantitative estimate of drug-likeness (QED) is 0.0967. The van der Waals surface area contributed by atoms with Crippen molar-refractivity contribution in [3.63, 3.8) is 0 Å². The fourth-order valence-corrected chi connectivity index (χ4v) is 16.3. The van der Waals surface area contributed by atoms with Crippen LogP contribution in [0.15, 0.2) is 215 Å². The Morgan fingerprint density at radius 2 is 0.874 bits per heavy atom. The second-order valence-electron chi connectivity index (χ2n) is 31.4. The van der Waals surface area contributed by atoms with Crippen molar-refractivity contribution < 1.29 is 14.6 Å². The zero-order valence-electron chi connectivity index (χ0n) is 69.0. The molecule has 27 heteroatoms. The number of benzene rings is 1. The highest BCUT2D eigenvalue weighted by Gasteiger charge is 2.25. The van der Waals surface area contributed by atoms with Crippen LogP contribution in [0.4, 0.5) is 11.4 Å². The number of hydrogen-bond donors (Lipinski definition) is 2. The Morgan fingerprint density at radius 1 is 0.437 bits per heavy atom. The van der Waals surface area contributed by atoms with E-state index in [1.165, 1.54) is 11.1 Å². The number of methoxy groups -OCH3 is 2. The molecule has 19 rings (SSSR count). The summed E-state index contributed by atoms with van der Waals surface area (Å²) in [6.07, 6.45) is 30.2. The highest BCUT2D eigenvalue weighted by Crippen LogP contribution is 2.34. The van der Waals surface area contributed by atoms with Gasteiger partial charge in [-0.25, -0.2) is 34.9 Å². The van der Waals surface area contributed by atoms with Gasteiger partial charge in [-0.2, -0.15) is 0 Å². The second-order valence-corrected chi connectivity index (χ2v) is 31.4. The molecule has 4 aliphatic rings. The first-order valence-electron chi connectivity index (χ1n) is 40.7. The lowest BCUT2D eigenvalue weighted by Crippen LogP contribution is -2.43. The number of fused-ring (bicyclic) bond motifs is 7. The van der Waals surface area contributed by atoms with E-state index >= 15 is 0 Å². The number of imidazole rings is 3. The molecule has 2 fully saturated rings. The Balaban J connectivity index is 0.000000118. The van der Waals surface area contributed by atoms with E-state index in [9.17, 15) is 19.2 Å². The first-order valence-corrected chi connectivity index (χ1v) is 40.7. The molecule has 18 heterocycles. The maximum atomic E-state index is 13.0. The number of aliphatic hydroxyl groups is 1. The lowest BCUT2D eigenvalue weighted by molar-refractivity contribution is 0.249. The topological polar surface area (TPSA) is 256 Å². The van der Waals surface area contributed by atoms with Gasteiger partial charge in [0, 0.05) is 179 Å². The van der Waals surface area contributed by atoms with Crippen LogP contribution in [0.5, 0.6) is 11.5 Å². The smallest absolute Gasteiger partial charge is 0.258 e. The molecule has 0 amide bonds. The number of aryl methyl sites for hydroxylation is 4. The summed E-state index contributed by atoms with van der Waals surface area (Å²) in [5.41, 5.74) is 21.7. The molecule has 0 spiro atoms. The third kappa shape index (κ3) is 17.6. The molecular formula is C92H100N20O7. The Kier molecular flexibility index (Phi) is 23.4. The van der Waals surface area contributed by atoms with Crippen molar-refractivity contribution in [2.24, 2.45) is 0 Å². The van der Waals surface area contributed by atoms with Crippen LogP contribution >= 0.6 is 0 Å². The molecule has 2 saturated heterocycles. The van der Waals surface area contributed by atoms with Gasteiger partial charge in [0.25, 0.3) is 22.2 Å². The summed E-state index contributed by atoms with van der Waals surface area (Å²) < 4.78 is 23.2. The second kappa shape index (κ2) is 34.8. The van der Waals surface area contributed by atoms with Gasteiger partial charge >= 0.3 is 0 Å². The number of nitrogens with one attached hydrogen (secondary N) is 1. The van der Waals surface area contributed by atoms with E-state index in [4.69, 9.17) is 34.5 Å². The monoisotopic (exact) mass is 1600 g/mol. The van der Waals surface area contributed by atoms with Crippen LogP contribution in [-0.2, 0) is 0 Å². The molecule has 0 atom stereocenters. The zero-order valence-corrected chi connectivity index (χ0v) is 69.0. The number of pyridine rings is 7. The summed E-state index contributed by atoms with van der Waals surface area (Å²) >= 11 is 0. The van der Waals surface area contributed by atoms with Gasteiger partial charge in [0.15, 0.2) is 11.5 Å². The van der Waals surface area contributed by atoms with E-state index in [1.54, 1.807) is 56.1 Å². The molecule has 0 aliphatic carbocycles. The van der Waals surface area contributed by atoms with E-state index in [0.717, 1.165) is 182 Å². The van der Waals surface area contributed by atoms with Crippen molar-refractivity contribution in [3.8, 4) is 56.5 Å². The van der Waals surface area contributed by atoms with Gasteiger partial charge in [0.1, 0.15) is 39.5 Å². The summed E-state index contributed by atoms with van der Waals surface area (Å²) in [5, 5.41) is 12.4. The number of nitrogens with zero attached hydrogens (tertiary/aromatic N) is 19. The standard InChI is InChI=1S/C24H30N4O4.C23H26N6O.C23H23N5O.C22H21N5O/c1-16-12-19(27-9-6-18(7-10-27)25-8-11-29)15-28-23(30)14-20(26-24(16)28)17-4-5-21(31-2)22(13-17)32-3;1-16-13-28-14-17(4-6-21(28)24-16)20-12-23(30)29-15-19(5-7-22(29)25-20)27-10-8-18(9-11-27)26(2)3;1-3-26-10-8-17(9-11-26)18-4-7-22-25-20(12-23(29)28(22)15-18)19-5-6-21-24-16(2)13-27(21)14-19;1-15-12-26-13-18(4-5-20(26)23-15)19-11-22(28)27-14-17(3-6-21(27)24-19)16-7-9-25(2)10-8-16/h4-5,12-15,18,25,29H,6-11H2,1-3H3;4-7,12-15,18H,8-11H2,1-3H3;4-8,12-15H,3,9-11H2,1-2H3;3-7,11-14H,8-10H2,1-2H3. The Morgan fingerprint density at radius 3 is 1.34 bits per heavy atom. The van der Waals surface area contributed by atoms with Crippen molar-refractivity contribution in [1.29, 1.82) is 0 Å². The van der Waals surface area contributed by atoms with Crippen molar-refractivity contribution in [3.05, 3.63) is 271 Å². The van der Waals surface area contributed by atoms with Crippen molar-refractivity contribution in [2.45, 2.75) is 85.2 Å². The molecule has 0 radical (unpaired) electrons. The van der Waals surface area contributed by atoms with E-state index < -0.39 is 0 Å². The molecule has 1 aromatic carbocycles. The van der Waals surface area contributed by atoms with Gasteiger partial charge in [-0.05, 0) is 219 Å². The number of aliphatic hydroxyl groups excluding tert-OH is 1. The molecule has 0 saturated carbocycles. The SMILES string of the molecule is CCN1CC=C(c2ccc3nc(-c4ccc5nc(C)cn5c4)cc(=O)n3c2)CC1.COc1ccc(-c2cc(=O)n3cc(N4CCC(NCCO)CC4)cc(C)c3n2)cc1OC.Cc1cn2cc(-c3cc(=O)n4cc(C5=CCN(C)CC5)ccc4n3)ccc2n1.Cc1cn2cc(-c3cc(=O)n4cc(N5CCC(N(C)C)CC5)ccc4n3)ccc2n1. The Hall–Kier alpha value is -12.8. The molecule has 4 aliphatic heterocycles. The van der Waals surface area contributed by atoms with E-state index in [2.05, 4.69) is 109 Å². The highest BCUT2D eigenvalue weighted by molar-refractivity contribution is 5.72. The summed E-state index contributed by atoms with van der Waals surface area (Å²) in [6.45, 7) is 19.7. The van der Waals surface area contributed by atoms with Gasteiger partial charge in [0.2, 0.25) is 0 Å². The summed E-state index contributed by atoms with van der Waals surface area (Å²) in [7, 11) is 9.58. The zero-order chi connectivity index (χ0) is 82.7. The molecule has 2 N–H and O–H groups in total. The minimum atomic E-state index is -0.121. The fourth-order valence-electron chi connectivity index (χ4n) is 16.3. The van der Waals surface area contributed by atoms with Crippen molar-refractivity contribution in [2.75, 3.05) is 117 Å². The molecule has 15 aromatic rings. The number of anilines is 2. The molecule has 14 aromatic heterocycles. The van der Waals surface area contributed by atoms with Gasteiger partial charge in [-0.1, -0.05) is 19.1 Å². The third-order valence-electron chi connectivity index (χ3n) is 23.0. The number of likely N-dealkylation sites (N-methyl/N-ethyl adjacent to an activating group) is 2. The number of rotatable bonds is 15. The lowest BCUT2D eigenvalue weighted by Gasteiger charge is -2.36. The normalized spacial score (nSPS) is 15.2. The lowest BCUT2D eigenvalue weighted by atomic mass is 10.0. The van der Waals surface area contributed by atoms with E-state index in [0.29, 0.717) is 75.5 Å². The highest BCUT2D eigenvalue weighted by atomic mass is 16.5. The molecule has 610 valence electrons. The van der Waals surface area contributed by atoms with Crippen LogP contribution in [0.25, 0.3) is 95.7 Å². The predicted octanol–water partition coefficient (Wildman–Crippen LogP) is 11.5. The van der Waals surface area contributed by atoms with Crippen LogP contribution in [0.2, 0.25) is 0 Å². The largest absolute Gasteiger partial charge is 0.493 e. The van der Waals surface area contributed by atoms with Crippen molar-refractivity contribution in [1.82, 2.24) is 85.7 Å². The van der Waals surface area contributed by atoms with Gasteiger partial charge in [-0.3, -0.25) is 41.7 Å².